The van der Waals surface area contributed by atoms with Crippen molar-refractivity contribution < 1.29 is 4.79 Å². The van der Waals surface area contributed by atoms with Gasteiger partial charge in [0.15, 0.2) is 5.13 Å². The molecule has 0 unspecified atom stereocenters. The first-order valence-corrected chi connectivity index (χ1v) is 8.31. The Morgan fingerprint density at radius 2 is 2.18 bits per heavy atom. The molecule has 0 radical (unpaired) electrons. The van der Waals surface area contributed by atoms with Crippen LogP contribution in [0.3, 0.4) is 0 Å². The van der Waals surface area contributed by atoms with Gasteiger partial charge >= 0.3 is 0 Å². The second kappa shape index (κ2) is 6.83. The molecule has 1 fully saturated rings. The van der Waals surface area contributed by atoms with E-state index in [0.717, 1.165) is 49.0 Å². The lowest BCUT2D eigenvalue weighted by atomic mass is 9.92. The summed E-state index contributed by atoms with van der Waals surface area (Å²) in [4.78, 5) is 26.1. The zero-order valence-corrected chi connectivity index (χ0v) is 13.3. The Bertz CT molecular complexity index is 623. The van der Waals surface area contributed by atoms with Gasteiger partial charge in [0.1, 0.15) is 12.1 Å². The van der Waals surface area contributed by atoms with Crippen LogP contribution in [0, 0.1) is 5.92 Å². The zero-order chi connectivity index (χ0) is 15.4. The average Bonchev–Trinajstić information content (AvgIpc) is 3.01. The third-order valence-corrected chi connectivity index (χ3v) is 4.64. The number of thiazole rings is 1. The Labute approximate surface area is 133 Å². The summed E-state index contributed by atoms with van der Waals surface area (Å²) in [5.41, 5.74) is 1.04. The van der Waals surface area contributed by atoms with Crippen LogP contribution in [-0.2, 0) is 11.2 Å². The summed E-state index contributed by atoms with van der Waals surface area (Å²) in [5.74, 6) is 1.54. The second-order valence-corrected chi connectivity index (χ2v) is 6.40. The molecule has 2 aromatic heterocycles. The average molecular weight is 317 g/mol. The molecule has 1 amide bonds. The van der Waals surface area contributed by atoms with Gasteiger partial charge in [0.2, 0.25) is 5.91 Å². The predicted molar refractivity (Wildman–Crippen MR) is 86.1 cm³/mol. The molecule has 6 nitrogen and oxygen atoms in total. The molecule has 7 heteroatoms. The molecule has 1 aliphatic heterocycles. The highest BCUT2D eigenvalue weighted by atomic mass is 32.1. The van der Waals surface area contributed by atoms with E-state index in [-0.39, 0.29) is 5.91 Å². The smallest absolute Gasteiger partial charge is 0.219 e. The topological polar surface area (TPSA) is 71.0 Å². The quantitative estimate of drug-likeness (QED) is 0.938. The van der Waals surface area contributed by atoms with Gasteiger partial charge in [0, 0.05) is 43.4 Å². The predicted octanol–water partition coefficient (Wildman–Crippen LogP) is 2.48. The van der Waals surface area contributed by atoms with Gasteiger partial charge in [-0.1, -0.05) is 0 Å². The van der Waals surface area contributed by atoms with Gasteiger partial charge in [-0.15, -0.1) is 11.3 Å². The van der Waals surface area contributed by atoms with Crippen LogP contribution in [0.5, 0.6) is 0 Å². The number of hydrogen-bond donors (Lipinski definition) is 1. The molecule has 0 atom stereocenters. The Morgan fingerprint density at radius 3 is 2.86 bits per heavy atom. The molecule has 0 saturated carbocycles. The molecular formula is C15H19N5OS. The summed E-state index contributed by atoms with van der Waals surface area (Å²) in [6.07, 6.45) is 6.37. The van der Waals surface area contributed by atoms with Gasteiger partial charge < -0.3 is 10.2 Å². The first-order chi connectivity index (χ1) is 10.7. The van der Waals surface area contributed by atoms with Crippen LogP contribution in [0.4, 0.5) is 10.9 Å². The molecule has 2 aromatic rings. The van der Waals surface area contributed by atoms with E-state index in [2.05, 4.69) is 20.3 Å². The Hall–Kier alpha value is -2.02. The Balaban J connectivity index is 1.58. The zero-order valence-electron chi connectivity index (χ0n) is 12.5. The fourth-order valence-corrected chi connectivity index (χ4v) is 3.26. The fraction of sp³-hybridized carbons (Fsp3) is 0.467. The van der Waals surface area contributed by atoms with E-state index < -0.39 is 0 Å². The van der Waals surface area contributed by atoms with Crippen molar-refractivity contribution in [2.75, 3.05) is 18.4 Å². The van der Waals surface area contributed by atoms with Gasteiger partial charge in [0.25, 0.3) is 0 Å². The highest BCUT2D eigenvalue weighted by molar-refractivity contribution is 7.13. The summed E-state index contributed by atoms with van der Waals surface area (Å²) in [6.45, 7) is 3.35. The van der Waals surface area contributed by atoms with Gasteiger partial charge in [-0.3, -0.25) is 4.79 Å². The molecule has 116 valence electrons. The molecular weight excluding hydrogens is 298 g/mol. The number of likely N-dealkylation sites (tertiary alicyclic amines) is 1. The maximum Gasteiger partial charge on any atom is 0.219 e. The lowest BCUT2D eigenvalue weighted by Crippen LogP contribution is -2.37. The molecule has 0 spiro atoms. The first-order valence-electron chi connectivity index (χ1n) is 7.43. The standard InChI is InChI=1S/C15H19N5OS/c1-11(21)20-5-2-12(3-6-20)8-13-9-14(18-10-17-13)19-15-16-4-7-22-15/h4,7,9-10,12H,2-3,5-6,8H2,1H3,(H,16,17,18,19). The van der Waals surface area contributed by atoms with Crippen LogP contribution in [0.2, 0.25) is 0 Å². The van der Waals surface area contributed by atoms with E-state index in [1.54, 1.807) is 30.8 Å². The summed E-state index contributed by atoms with van der Waals surface area (Å²) >= 11 is 1.54. The van der Waals surface area contributed by atoms with Crippen LogP contribution in [0.25, 0.3) is 0 Å². The van der Waals surface area contributed by atoms with Crippen molar-refractivity contribution in [3.05, 3.63) is 29.7 Å². The number of rotatable bonds is 4. The molecule has 3 rings (SSSR count). The van der Waals surface area contributed by atoms with E-state index in [1.165, 1.54) is 0 Å². The number of carbonyl (C=O) groups is 1. The lowest BCUT2D eigenvalue weighted by Gasteiger charge is -2.31. The van der Waals surface area contributed by atoms with Crippen molar-refractivity contribution in [1.29, 1.82) is 0 Å². The van der Waals surface area contributed by atoms with Crippen molar-refractivity contribution in [3.8, 4) is 0 Å². The van der Waals surface area contributed by atoms with E-state index in [4.69, 9.17) is 0 Å². The minimum atomic E-state index is 0.176. The maximum absolute atomic E-state index is 11.4. The van der Waals surface area contributed by atoms with Crippen molar-refractivity contribution in [2.24, 2.45) is 5.92 Å². The summed E-state index contributed by atoms with van der Waals surface area (Å²) in [5, 5.41) is 5.94. The van der Waals surface area contributed by atoms with Gasteiger partial charge in [0.05, 0.1) is 0 Å². The fourth-order valence-electron chi connectivity index (χ4n) is 2.72. The second-order valence-electron chi connectivity index (χ2n) is 5.51. The number of piperidine rings is 1. The Morgan fingerprint density at radius 1 is 1.36 bits per heavy atom. The van der Waals surface area contributed by atoms with Crippen LogP contribution >= 0.6 is 11.3 Å². The number of nitrogens with one attached hydrogen (secondary N) is 1. The van der Waals surface area contributed by atoms with Crippen LogP contribution < -0.4 is 5.32 Å². The number of nitrogens with zero attached hydrogens (tertiary/aromatic N) is 4. The highest BCUT2D eigenvalue weighted by Crippen LogP contribution is 2.22. The van der Waals surface area contributed by atoms with Crippen LogP contribution in [0.15, 0.2) is 24.0 Å². The molecule has 1 aliphatic rings. The van der Waals surface area contributed by atoms with E-state index in [1.807, 2.05) is 16.3 Å². The largest absolute Gasteiger partial charge is 0.343 e. The third kappa shape index (κ3) is 3.79. The third-order valence-electron chi connectivity index (χ3n) is 3.95. The van der Waals surface area contributed by atoms with Crippen LogP contribution in [0.1, 0.15) is 25.5 Å². The van der Waals surface area contributed by atoms with Gasteiger partial charge in [-0.25, -0.2) is 15.0 Å². The summed E-state index contributed by atoms with van der Waals surface area (Å²) in [7, 11) is 0. The van der Waals surface area contributed by atoms with E-state index in [0.29, 0.717) is 5.92 Å². The van der Waals surface area contributed by atoms with E-state index in [9.17, 15) is 4.79 Å². The van der Waals surface area contributed by atoms with Crippen molar-refractivity contribution in [2.45, 2.75) is 26.2 Å². The van der Waals surface area contributed by atoms with E-state index >= 15 is 0 Å². The minimum absolute atomic E-state index is 0.176. The molecule has 1 saturated heterocycles. The van der Waals surface area contributed by atoms with Crippen molar-refractivity contribution >= 4 is 28.2 Å². The van der Waals surface area contributed by atoms with Crippen molar-refractivity contribution in [1.82, 2.24) is 19.9 Å². The molecule has 0 bridgehead atoms. The van der Waals surface area contributed by atoms with Crippen molar-refractivity contribution in [3.63, 3.8) is 0 Å². The van der Waals surface area contributed by atoms with Crippen LogP contribution in [-0.4, -0.2) is 38.8 Å². The molecule has 22 heavy (non-hydrogen) atoms. The molecule has 0 aromatic carbocycles. The summed E-state index contributed by atoms with van der Waals surface area (Å²) < 4.78 is 0. The molecule has 0 aliphatic carbocycles. The number of anilines is 2. The maximum atomic E-state index is 11.4. The summed E-state index contributed by atoms with van der Waals surface area (Å²) in [6, 6.07) is 1.98. The molecule has 3 heterocycles. The molecule has 1 N–H and O–H groups in total. The number of carbonyl (C=O) groups excluding carboxylic acids is 1. The normalized spacial score (nSPS) is 15.8. The van der Waals surface area contributed by atoms with Gasteiger partial charge in [-0.2, -0.15) is 0 Å². The number of aromatic nitrogens is 3. The number of amides is 1. The Kier molecular flexibility index (Phi) is 4.62. The lowest BCUT2D eigenvalue weighted by molar-refractivity contribution is -0.130. The first kappa shape index (κ1) is 14.9. The minimum Gasteiger partial charge on any atom is -0.343 e. The number of hydrogen-bond acceptors (Lipinski definition) is 6. The van der Waals surface area contributed by atoms with Gasteiger partial charge in [-0.05, 0) is 25.2 Å². The SMILES string of the molecule is CC(=O)N1CCC(Cc2cc(Nc3nccs3)ncn2)CC1. The monoisotopic (exact) mass is 317 g/mol. The highest BCUT2D eigenvalue weighted by Gasteiger charge is 2.21.